The van der Waals surface area contributed by atoms with E-state index in [1.807, 2.05) is 26.8 Å². The number of nitrogens with zero attached hydrogens (tertiary/aromatic N) is 5. The molecule has 2 aliphatic rings. The van der Waals surface area contributed by atoms with Crippen LogP contribution in [0.2, 0.25) is 0 Å². The molecule has 0 radical (unpaired) electrons. The minimum Gasteiger partial charge on any atom is -0.444 e. The van der Waals surface area contributed by atoms with Crippen molar-refractivity contribution in [2.45, 2.75) is 111 Å². The van der Waals surface area contributed by atoms with Crippen LogP contribution in [-0.4, -0.2) is 62.6 Å². The van der Waals surface area contributed by atoms with Crippen molar-refractivity contribution in [3.63, 3.8) is 0 Å². The molecule has 9 nitrogen and oxygen atoms in total. The lowest BCUT2D eigenvalue weighted by Crippen LogP contribution is -2.53. The van der Waals surface area contributed by atoms with Crippen LogP contribution in [0.25, 0.3) is 0 Å². The molecular formula is C29H45N5O4S. The Balaban J connectivity index is 1.59. The molecule has 2 aromatic heterocycles. The van der Waals surface area contributed by atoms with Crippen LogP contribution in [-0.2, 0) is 33.4 Å². The normalized spacial score (nSPS) is 19.5. The van der Waals surface area contributed by atoms with E-state index in [1.54, 1.807) is 20.9 Å². The van der Waals surface area contributed by atoms with Crippen molar-refractivity contribution in [1.82, 2.24) is 19.2 Å². The summed E-state index contributed by atoms with van der Waals surface area (Å²) < 4.78 is 15.2. The second-order valence-electron chi connectivity index (χ2n) is 13.9. The van der Waals surface area contributed by atoms with Crippen LogP contribution in [0, 0.1) is 5.92 Å². The molecule has 0 aliphatic carbocycles. The fourth-order valence-electron chi connectivity index (χ4n) is 4.60. The quantitative estimate of drug-likeness (QED) is 0.507. The van der Waals surface area contributed by atoms with Crippen LogP contribution in [0.5, 0.6) is 0 Å². The van der Waals surface area contributed by atoms with Gasteiger partial charge in [0.2, 0.25) is 0 Å². The van der Waals surface area contributed by atoms with Crippen LogP contribution in [0.15, 0.2) is 17.3 Å². The molecule has 4 rings (SSSR count). The van der Waals surface area contributed by atoms with E-state index in [0.717, 1.165) is 25.1 Å². The highest BCUT2D eigenvalue weighted by Crippen LogP contribution is 2.27. The number of aromatic nitrogens is 3. The number of carbonyl (C=O) groups excluding carboxylic acids is 2. The minimum atomic E-state index is -0.526. The van der Waals surface area contributed by atoms with Crippen LogP contribution < -0.4 is 4.80 Å². The van der Waals surface area contributed by atoms with Gasteiger partial charge in [-0.3, -0.25) is 9.48 Å². The van der Waals surface area contributed by atoms with Crippen molar-refractivity contribution in [2.75, 3.05) is 19.7 Å². The zero-order valence-electron chi connectivity index (χ0n) is 25.0. The van der Waals surface area contributed by atoms with Gasteiger partial charge < -0.3 is 18.9 Å². The molecule has 0 saturated carbocycles. The molecule has 2 aromatic rings. The van der Waals surface area contributed by atoms with Crippen molar-refractivity contribution < 1.29 is 19.1 Å². The molecule has 10 heteroatoms. The summed E-state index contributed by atoms with van der Waals surface area (Å²) in [5.41, 5.74) is 0.529. The third-order valence-electron chi connectivity index (χ3n) is 6.89. The predicted octanol–water partition coefficient (Wildman–Crippen LogP) is 5.13. The first kappa shape index (κ1) is 29.5. The van der Waals surface area contributed by atoms with E-state index < -0.39 is 5.60 Å². The zero-order valence-corrected chi connectivity index (χ0v) is 25.9. The predicted molar refractivity (Wildman–Crippen MR) is 152 cm³/mol. The Kier molecular flexibility index (Phi) is 8.21. The van der Waals surface area contributed by atoms with Gasteiger partial charge in [-0.15, -0.1) is 11.3 Å². The molecular weight excluding hydrogens is 514 g/mol. The molecule has 1 atom stereocenters. The Hall–Kier alpha value is -2.46. The van der Waals surface area contributed by atoms with Crippen LogP contribution in [0.4, 0.5) is 4.79 Å². The lowest BCUT2D eigenvalue weighted by molar-refractivity contribution is -0.00399. The van der Waals surface area contributed by atoms with E-state index in [0.29, 0.717) is 36.7 Å². The first-order valence-electron chi connectivity index (χ1n) is 14.0. The number of hydrogen-bond donors (Lipinski definition) is 0. The first-order valence-corrected chi connectivity index (χ1v) is 14.8. The maximum absolute atomic E-state index is 13.7. The molecule has 0 spiro atoms. The summed E-state index contributed by atoms with van der Waals surface area (Å²) in [5.74, 6) is -0.111. The number of rotatable bonds is 5. The summed E-state index contributed by atoms with van der Waals surface area (Å²) in [5, 5.41) is 4.82. The molecule has 2 amide bonds. The van der Waals surface area contributed by atoms with E-state index in [9.17, 15) is 9.59 Å². The van der Waals surface area contributed by atoms with E-state index in [-0.39, 0.29) is 34.9 Å². The molecule has 0 N–H and O–H groups in total. The van der Waals surface area contributed by atoms with Crippen molar-refractivity contribution >= 4 is 23.3 Å². The van der Waals surface area contributed by atoms with Crippen molar-refractivity contribution in [1.29, 1.82) is 0 Å². The lowest BCUT2D eigenvalue weighted by atomic mass is 9.92. The van der Waals surface area contributed by atoms with E-state index in [4.69, 9.17) is 14.6 Å². The standard InChI is InChI=1S/C29H45N5O4S/c1-27(2,3)22-13-21(34(31-22)16-19-14-33(15-19)26(36)38-29(7,8)9)24(35)30-25-32(17-20-11-10-12-37-20)18-23(39-25)28(4,5)6/h13,18-20H,10-12,14-17H2,1-9H3/b30-25-/t20-/m1/s1. The Morgan fingerprint density at radius 3 is 2.33 bits per heavy atom. The van der Waals surface area contributed by atoms with Gasteiger partial charge in [0, 0.05) is 48.6 Å². The number of likely N-dealkylation sites (tertiary alicyclic amines) is 1. The van der Waals surface area contributed by atoms with Gasteiger partial charge >= 0.3 is 6.09 Å². The van der Waals surface area contributed by atoms with Crippen molar-refractivity contribution in [3.8, 4) is 0 Å². The van der Waals surface area contributed by atoms with Crippen LogP contribution in [0.3, 0.4) is 0 Å². The summed E-state index contributed by atoms with van der Waals surface area (Å²) in [7, 11) is 0. The average Bonchev–Trinajstić information content (AvgIpc) is 3.49. The molecule has 2 aliphatic heterocycles. The Bertz CT molecular complexity index is 1260. The summed E-state index contributed by atoms with van der Waals surface area (Å²) in [6, 6.07) is 1.87. The van der Waals surface area contributed by atoms with Gasteiger partial charge in [-0.25, -0.2) is 4.79 Å². The first-order chi connectivity index (χ1) is 18.0. The molecule has 0 unspecified atom stereocenters. The molecule has 216 valence electrons. The number of hydrogen-bond acceptors (Lipinski definition) is 6. The van der Waals surface area contributed by atoms with Gasteiger partial charge in [0.25, 0.3) is 5.91 Å². The minimum absolute atomic E-state index is 0.0504. The van der Waals surface area contributed by atoms with Crippen molar-refractivity contribution in [3.05, 3.63) is 33.3 Å². The topological polar surface area (TPSA) is 91.0 Å². The molecule has 0 bridgehead atoms. The zero-order chi connectivity index (χ0) is 28.8. The highest BCUT2D eigenvalue weighted by atomic mass is 32.1. The smallest absolute Gasteiger partial charge is 0.410 e. The molecule has 0 aromatic carbocycles. The van der Waals surface area contributed by atoms with Gasteiger partial charge in [-0.2, -0.15) is 10.1 Å². The highest BCUT2D eigenvalue weighted by Gasteiger charge is 2.35. The maximum atomic E-state index is 13.7. The SMILES string of the molecule is CC(C)(C)OC(=O)N1CC(Cn2nc(C(C)(C)C)cc2C(=O)/N=c2\sc(C(C)(C)C)cn2C[C@H]2CCCO2)C1. The number of thiazole rings is 1. The van der Waals surface area contributed by atoms with Gasteiger partial charge in [-0.1, -0.05) is 41.5 Å². The third kappa shape index (κ3) is 7.39. The number of amides is 2. The highest BCUT2D eigenvalue weighted by molar-refractivity contribution is 7.09. The third-order valence-corrected chi connectivity index (χ3v) is 8.33. The largest absolute Gasteiger partial charge is 0.444 e. The number of carbonyl (C=O) groups is 2. The summed E-state index contributed by atoms with van der Waals surface area (Å²) in [6.45, 7) is 21.5. The van der Waals surface area contributed by atoms with Gasteiger partial charge in [0.15, 0.2) is 4.80 Å². The molecule has 39 heavy (non-hydrogen) atoms. The maximum Gasteiger partial charge on any atom is 0.410 e. The Morgan fingerprint density at radius 1 is 1.08 bits per heavy atom. The van der Waals surface area contributed by atoms with E-state index in [1.165, 1.54) is 4.88 Å². The fraction of sp³-hybridized carbons (Fsp3) is 0.724. The Morgan fingerprint density at radius 2 is 1.77 bits per heavy atom. The molecule has 2 fully saturated rings. The van der Waals surface area contributed by atoms with Gasteiger partial charge in [0.05, 0.1) is 18.3 Å². The average molecular weight is 560 g/mol. The second-order valence-corrected chi connectivity index (χ2v) is 14.9. The summed E-state index contributed by atoms with van der Waals surface area (Å²) >= 11 is 1.56. The van der Waals surface area contributed by atoms with Crippen LogP contribution in [0.1, 0.15) is 96.2 Å². The van der Waals surface area contributed by atoms with E-state index >= 15 is 0 Å². The van der Waals surface area contributed by atoms with Crippen molar-refractivity contribution in [2.24, 2.45) is 10.9 Å². The Labute approximate surface area is 236 Å². The van der Waals surface area contributed by atoms with Gasteiger partial charge in [-0.05, 0) is 45.1 Å². The van der Waals surface area contributed by atoms with Crippen LogP contribution >= 0.6 is 11.3 Å². The fourth-order valence-corrected chi connectivity index (χ4v) is 5.65. The number of ether oxygens (including phenoxy) is 2. The molecule has 2 saturated heterocycles. The summed E-state index contributed by atoms with van der Waals surface area (Å²) in [6.07, 6.45) is 4.05. The lowest BCUT2D eigenvalue weighted by Gasteiger charge is -2.39. The van der Waals surface area contributed by atoms with E-state index in [2.05, 4.69) is 57.3 Å². The second kappa shape index (κ2) is 10.8. The monoisotopic (exact) mass is 559 g/mol. The van der Waals surface area contributed by atoms with Gasteiger partial charge in [0.1, 0.15) is 11.3 Å². The summed E-state index contributed by atoms with van der Waals surface area (Å²) in [4.78, 5) is 34.3. The molecule has 4 heterocycles.